The second-order valence-electron chi connectivity index (χ2n) is 4.29. The van der Waals surface area contributed by atoms with Crippen molar-refractivity contribution in [3.8, 4) is 0 Å². The lowest BCUT2D eigenvalue weighted by Crippen LogP contribution is -2.10. The van der Waals surface area contributed by atoms with Gasteiger partial charge in [-0.3, -0.25) is 9.00 Å². The Kier molecular flexibility index (Phi) is 4.26. The molecule has 0 saturated carbocycles. The quantitative estimate of drug-likeness (QED) is 0.826. The Morgan fingerprint density at radius 2 is 1.83 bits per heavy atom. The molecule has 2 nitrogen and oxygen atoms in total. The van der Waals surface area contributed by atoms with E-state index in [1.54, 1.807) is 0 Å². The summed E-state index contributed by atoms with van der Waals surface area (Å²) < 4.78 is 12.1. The number of benzene rings is 2. The molecule has 0 saturated heterocycles. The topological polar surface area (TPSA) is 34.1 Å². The molecular weight excluding hydrogens is 244 g/mol. The zero-order chi connectivity index (χ0) is 13.0. The largest absolute Gasteiger partial charge is 0.299 e. The first-order valence-corrected chi connectivity index (χ1v) is 7.41. The maximum atomic E-state index is 12.1. The molecule has 3 heteroatoms. The zero-order valence-electron chi connectivity index (χ0n) is 10.4. The third-order valence-electron chi connectivity index (χ3n) is 2.80. The highest BCUT2D eigenvalue weighted by Crippen LogP contribution is 2.18. The SMILES string of the molecule is CCCC(=O)CS(=O)c1ccc2ccccc2c1. The molecule has 0 spiro atoms. The molecule has 1 atom stereocenters. The molecule has 0 radical (unpaired) electrons. The molecule has 2 aromatic carbocycles. The van der Waals surface area contributed by atoms with Gasteiger partial charge in [0.25, 0.3) is 0 Å². The molecule has 0 aliphatic rings. The van der Waals surface area contributed by atoms with Crippen LogP contribution in [0.5, 0.6) is 0 Å². The minimum absolute atomic E-state index is 0.0731. The van der Waals surface area contributed by atoms with Crippen molar-refractivity contribution in [3.63, 3.8) is 0 Å². The normalized spacial score (nSPS) is 12.5. The number of Topliss-reactive ketones (excluding diaryl/α,β-unsaturated/α-hetero) is 1. The van der Waals surface area contributed by atoms with Crippen LogP contribution in [0.2, 0.25) is 0 Å². The summed E-state index contributed by atoms with van der Waals surface area (Å²) in [6.07, 6.45) is 1.33. The predicted octanol–water partition coefficient (Wildman–Crippen LogP) is 3.32. The number of carbonyl (C=O) groups is 1. The highest BCUT2D eigenvalue weighted by molar-refractivity contribution is 7.85. The molecule has 0 aliphatic heterocycles. The van der Waals surface area contributed by atoms with Crippen molar-refractivity contribution < 1.29 is 9.00 Å². The van der Waals surface area contributed by atoms with Gasteiger partial charge in [0, 0.05) is 11.3 Å². The van der Waals surface area contributed by atoms with Crippen molar-refractivity contribution in [1.29, 1.82) is 0 Å². The Morgan fingerprint density at radius 3 is 2.56 bits per heavy atom. The summed E-state index contributed by atoms with van der Waals surface area (Å²) in [6, 6.07) is 13.6. The molecule has 18 heavy (non-hydrogen) atoms. The van der Waals surface area contributed by atoms with Gasteiger partial charge in [0.1, 0.15) is 5.78 Å². The molecule has 0 heterocycles. The van der Waals surface area contributed by atoms with Crippen molar-refractivity contribution in [2.45, 2.75) is 24.7 Å². The molecule has 0 amide bonds. The summed E-state index contributed by atoms with van der Waals surface area (Å²) in [5.41, 5.74) is 0. The minimum Gasteiger partial charge on any atom is -0.299 e. The Balaban J connectivity index is 2.20. The van der Waals surface area contributed by atoms with Gasteiger partial charge in [0.2, 0.25) is 0 Å². The fourth-order valence-corrected chi connectivity index (χ4v) is 2.97. The van der Waals surface area contributed by atoms with Crippen LogP contribution in [0.25, 0.3) is 10.8 Å². The van der Waals surface area contributed by atoms with Gasteiger partial charge in [-0.1, -0.05) is 37.3 Å². The van der Waals surface area contributed by atoms with E-state index in [2.05, 4.69) is 0 Å². The molecule has 2 rings (SSSR count). The molecule has 0 N–H and O–H groups in total. The van der Waals surface area contributed by atoms with Crippen LogP contribution in [0.3, 0.4) is 0 Å². The lowest BCUT2D eigenvalue weighted by Gasteiger charge is -2.03. The van der Waals surface area contributed by atoms with Crippen molar-refractivity contribution >= 4 is 27.4 Å². The summed E-state index contributed by atoms with van der Waals surface area (Å²) in [5, 5.41) is 2.18. The van der Waals surface area contributed by atoms with E-state index in [0.29, 0.717) is 6.42 Å². The van der Waals surface area contributed by atoms with Crippen molar-refractivity contribution in [3.05, 3.63) is 42.5 Å². The molecule has 94 valence electrons. The van der Waals surface area contributed by atoms with Gasteiger partial charge in [-0.25, -0.2) is 0 Å². The maximum Gasteiger partial charge on any atom is 0.145 e. The third-order valence-corrected chi connectivity index (χ3v) is 4.17. The van der Waals surface area contributed by atoms with Crippen LogP contribution in [0.1, 0.15) is 19.8 Å². The number of fused-ring (bicyclic) bond motifs is 1. The fourth-order valence-electron chi connectivity index (χ4n) is 1.89. The van der Waals surface area contributed by atoms with E-state index in [4.69, 9.17) is 0 Å². The Morgan fingerprint density at radius 1 is 1.11 bits per heavy atom. The number of hydrogen-bond donors (Lipinski definition) is 0. The first-order valence-electron chi connectivity index (χ1n) is 6.09. The van der Waals surface area contributed by atoms with Crippen molar-refractivity contribution in [2.75, 3.05) is 5.75 Å². The monoisotopic (exact) mass is 260 g/mol. The number of rotatable bonds is 5. The van der Waals surface area contributed by atoms with E-state index in [0.717, 1.165) is 22.1 Å². The number of hydrogen-bond acceptors (Lipinski definition) is 2. The van der Waals surface area contributed by atoms with Crippen LogP contribution in [-0.2, 0) is 15.6 Å². The molecule has 2 aromatic rings. The van der Waals surface area contributed by atoms with Gasteiger partial charge in [-0.2, -0.15) is 0 Å². The van der Waals surface area contributed by atoms with Crippen LogP contribution in [0.15, 0.2) is 47.4 Å². The first kappa shape index (κ1) is 13.0. The van der Waals surface area contributed by atoms with E-state index in [1.807, 2.05) is 49.4 Å². The molecule has 0 fully saturated rings. The summed E-state index contributed by atoms with van der Waals surface area (Å²) in [7, 11) is -1.22. The van der Waals surface area contributed by atoms with E-state index in [1.165, 1.54) is 0 Å². The highest BCUT2D eigenvalue weighted by Gasteiger charge is 2.09. The first-order chi connectivity index (χ1) is 8.70. The lowest BCUT2D eigenvalue weighted by molar-refractivity contribution is -0.116. The van der Waals surface area contributed by atoms with Crippen molar-refractivity contribution in [2.24, 2.45) is 0 Å². The second-order valence-corrected chi connectivity index (χ2v) is 5.74. The molecule has 0 aromatic heterocycles. The minimum atomic E-state index is -1.22. The van der Waals surface area contributed by atoms with E-state index < -0.39 is 10.8 Å². The van der Waals surface area contributed by atoms with E-state index >= 15 is 0 Å². The summed E-state index contributed by atoms with van der Waals surface area (Å²) in [6.45, 7) is 1.96. The number of carbonyl (C=O) groups excluding carboxylic acids is 1. The average Bonchev–Trinajstić information content (AvgIpc) is 2.38. The van der Waals surface area contributed by atoms with Crippen LogP contribution in [0, 0.1) is 0 Å². The average molecular weight is 260 g/mol. The molecule has 0 bridgehead atoms. The summed E-state index contributed by atoms with van der Waals surface area (Å²) in [4.78, 5) is 12.2. The smallest absolute Gasteiger partial charge is 0.145 e. The maximum absolute atomic E-state index is 12.1. The van der Waals surface area contributed by atoms with E-state index in [9.17, 15) is 9.00 Å². The van der Waals surface area contributed by atoms with Gasteiger partial charge < -0.3 is 0 Å². The van der Waals surface area contributed by atoms with Gasteiger partial charge >= 0.3 is 0 Å². The second kappa shape index (κ2) is 5.91. The fraction of sp³-hybridized carbons (Fsp3) is 0.267. The van der Waals surface area contributed by atoms with Crippen LogP contribution >= 0.6 is 0 Å². The Bertz CT molecular complexity index is 590. The van der Waals surface area contributed by atoms with Gasteiger partial charge in [-0.15, -0.1) is 0 Å². The van der Waals surface area contributed by atoms with Crippen molar-refractivity contribution in [1.82, 2.24) is 0 Å². The third kappa shape index (κ3) is 3.05. The lowest BCUT2D eigenvalue weighted by atomic mass is 10.1. The number of ketones is 1. The summed E-state index contributed by atoms with van der Waals surface area (Å²) in [5.74, 6) is 0.204. The van der Waals surface area contributed by atoms with E-state index in [-0.39, 0.29) is 11.5 Å². The van der Waals surface area contributed by atoms with Gasteiger partial charge in [0.15, 0.2) is 0 Å². The molecule has 0 aliphatic carbocycles. The van der Waals surface area contributed by atoms with Crippen LogP contribution in [0.4, 0.5) is 0 Å². The van der Waals surface area contributed by atoms with Crippen LogP contribution in [-0.4, -0.2) is 15.7 Å². The highest BCUT2D eigenvalue weighted by atomic mass is 32.2. The molecule has 1 unspecified atom stereocenters. The standard InChI is InChI=1S/C15H16O2S/c1-2-5-14(16)11-18(17)15-9-8-12-6-3-4-7-13(12)10-15/h3-4,6-10H,2,5,11H2,1H3. The summed E-state index contributed by atoms with van der Waals surface area (Å²) >= 11 is 0. The Labute approximate surface area is 109 Å². The molecular formula is C15H16O2S. The predicted molar refractivity (Wildman–Crippen MR) is 75.1 cm³/mol. The van der Waals surface area contributed by atoms with Crippen LogP contribution < -0.4 is 0 Å². The van der Waals surface area contributed by atoms with Gasteiger partial charge in [0.05, 0.1) is 16.6 Å². The zero-order valence-corrected chi connectivity index (χ0v) is 11.2. The van der Waals surface area contributed by atoms with Gasteiger partial charge in [-0.05, 0) is 29.3 Å². The Hall–Kier alpha value is -1.48.